The molecule has 4 fully saturated rings. The van der Waals surface area contributed by atoms with E-state index in [0.29, 0.717) is 51.9 Å². The number of esters is 1. The van der Waals surface area contributed by atoms with E-state index in [1.54, 1.807) is 40.1 Å². The van der Waals surface area contributed by atoms with Crippen LogP contribution in [-0.4, -0.2) is 148 Å². The number of nitrogens with one attached hydrogen (secondary N) is 1. The second-order valence-electron chi connectivity index (χ2n) is 20.8. The van der Waals surface area contributed by atoms with E-state index in [4.69, 9.17) is 24.2 Å². The summed E-state index contributed by atoms with van der Waals surface area (Å²) >= 11 is -0.553. The number of hydrogen-bond acceptors (Lipinski definition) is 12. The molecule has 4 saturated heterocycles. The van der Waals surface area contributed by atoms with E-state index < -0.39 is 58.9 Å². The van der Waals surface area contributed by atoms with E-state index in [0.717, 1.165) is 58.5 Å². The number of fused-ring (bicyclic) bond motifs is 6. The number of hydrazine groups is 1. The topological polar surface area (TPSA) is 169 Å². The summed E-state index contributed by atoms with van der Waals surface area (Å²) in [6, 6.07) is 8.62. The first-order valence-electron chi connectivity index (χ1n) is 25.1. The summed E-state index contributed by atoms with van der Waals surface area (Å²) in [6.07, 6.45) is 5.32. The molecule has 2 unspecified atom stereocenters. The number of nitrogens with zero attached hydrogens (tertiary/aromatic N) is 7. The number of benzene rings is 1. The third-order valence-electron chi connectivity index (χ3n) is 14.9. The van der Waals surface area contributed by atoms with Gasteiger partial charge in [0.05, 0.1) is 11.8 Å². The number of thiazole rings is 1. The molecule has 4 amide bonds. The molecule has 8 heterocycles. The number of carbonyl (C=O) groups is 5. The zero-order valence-corrected chi connectivity index (χ0v) is 45.3. The van der Waals surface area contributed by atoms with Gasteiger partial charge in [-0.15, -0.1) is 0 Å². The van der Waals surface area contributed by atoms with Crippen molar-refractivity contribution < 1.29 is 38.2 Å². The van der Waals surface area contributed by atoms with Gasteiger partial charge >= 0.3 is 370 Å². The summed E-state index contributed by atoms with van der Waals surface area (Å²) in [7, 11) is 3.38. The minimum atomic E-state index is -2.04. The van der Waals surface area contributed by atoms with Crippen molar-refractivity contribution in [2.24, 2.45) is 17.3 Å². The first-order chi connectivity index (χ1) is 34.0. The molecular weight excluding hydrogens is 1040 g/mol. The van der Waals surface area contributed by atoms with Gasteiger partial charge in [0, 0.05) is 13.3 Å². The molecule has 0 radical (unpaired) electrons. The molecule has 5 atom stereocenters. The molecule has 3 aromatic heterocycles. The van der Waals surface area contributed by atoms with E-state index in [-0.39, 0.29) is 61.8 Å². The summed E-state index contributed by atoms with van der Waals surface area (Å²) < 4.78 is 21.9. The molecule has 1 spiro atoms. The summed E-state index contributed by atoms with van der Waals surface area (Å²) in [5.74, 6) is -2.02. The molecule has 5 aliphatic heterocycles. The number of urea groups is 1. The standard InChI is InChI=1S/C53H69IN8O8S/c1-10-43(63)59-29-53(30-59)61(22-14-24-70-53)51(67)58(8)46(32(3)4)48(64)44(54-19-20-54)37-26-42-56-40(28-71-42)34-17-18-41-36(25-34)38(47(60(41)11-2)35-15-12-21-55-45(35)33(5)68-9)27-52(6,7)31-69-50(66)39-16-13-23-62(57-39)49(37)65/h10,12,15,17-18,21,25,28,32-33,37,39,44,46,57H,1,11,13-14,16,19-20,22-24,26-27,29-31H2,2-9H3/t33-,37?,39-,44?,46-/m0/s1. The van der Waals surface area contributed by atoms with Crippen LogP contribution in [0.3, 0.4) is 0 Å². The molecule has 18 heteroatoms. The number of aromatic nitrogens is 3. The van der Waals surface area contributed by atoms with Crippen LogP contribution >= 0.6 is 31.2 Å². The van der Waals surface area contributed by atoms with Gasteiger partial charge in [-0.3, -0.25) is 4.98 Å². The van der Waals surface area contributed by atoms with Gasteiger partial charge in [0.1, 0.15) is 0 Å². The quantitative estimate of drug-likeness (QED) is 0.0692. The number of cyclic esters (lactones) is 1. The van der Waals surface area contributed by atoms with E-state index in [9.17, 15) is 14.4 Å². The third-order valence-corrected chi connectivity index (χ3v) is 21.4. The van der Waals surface area contributed by atoms with Crippen molar-refractivity contribution in [2.75, 3.05) is 62.4 Å². The van der Waals surface area contributed by atoms with Crippen LogP contribution in [0.2, 0.25) is 0 Å². The van der Waals surface area contributed by atoms with E-state index in [2.05, 4.69) is 61.6 Å². The van der Waals surface area contributed by atoms with E-state index >= 15 is 9.59 Å². The van der Waals surface area contributed by atoms with E-state index in [1.807, 2.05) is 32.2 Å². The van der Waals surface area contributed by atoms with Crippen LogP contribution < -0.4 is 5.43 Å². The van der Waals surface area contributed by atoms with Crippen LogP contribution in [0.25, 0.3) is 33.4 Å². The molecule has 0 saturated carbocycles. The fourth-order valence-electron chi connectivity index (χ4n) is 11.1. The fraction of sp³-hybridized carbons (Fsp3) is 0.566. The number of likely N-dealkylation sites (tertiary alicyclic amines) is 1. The number of ether oxygens (including phenoxy) is 3. The van der Waals surface area contributed by atoms with Crippen molar-refractivity contribution >= 4 is 71.7 Å². The van der Waals surface area contributed by atoms with E-state index in [1.165, 1.54) is 17.4 Å². The number of hydrogen-bond donors (Lipinski definition) is 1. The second-order valence-corrected chi connectivity index (χ2v) is 28.1. The van der Waals surface area contributed by atoms with Gasteiger partial charge in [-0.05, 0) is 26.0 Å². The number of halogens is 1. The number of alkyl halides is 3. The van der Waals surface area contributed by atoms with Gasteiger partial charge in [0.25, 0.3) is 0 Å². The predicted octanol–water partition coefficient (Wildman–Crippen LogP) is 7.31. The molecule has 4 aromatic rings. The maximum atomic E-state index is 15.6. The Morgan fingerprint density at radius 2 is 1.89 bits per heavy atom. The number of methoxy groups -OCH3 is 1. The average molecular weight is 1110 g/mol. The Hall–Kier alpha value is -4.76. The number of rotatable bonds is 11. The monoisotopic (exact) mass is 1100 g/mol. The van der Waals surface area contributed by atoms with Crippen molar-refractivity contribution in [2.45, 2.75) is 108 Å². The van der Waals surface area contributed by atoms with Crippen molar-refractivity contribution in [3.05, 3.63) is 70.8 Å². The van der Waals surface area contributed by atoms with Crippen molar-refractivity contribution in [3.63, 3.8) is 0 Å². The third kappa shape index (κ3) is 9.91. The van der Waals surface area contributed by atoms with Gasteiger partial charge in [0.15, 0.2) is 0 Å². The minimum absolute atomic E-state index is 0.0963. The van der Waals surface area contributed by atoms with Gasteiger partial charge in [-0.1, -0.05) is 0 Å². The number of ketones is 1. The molecule has 5 aliphatic rings. The molecule has 6 bridgehead atoms. The zero-order chi connectivity index (χ0) is 50.5. The van der Waals surface area contributed by atoms with Gasteiger partial charge in [-0.2, -0.15) is 0 Å². The van der Waals surface area contributed by atoms with Crippen LogP contribution in [0.1, 0.15) is 83.2 Å². The molecule has 382 valence electrons. The summed E-state index contributed by atoms with van der Waals surface area (Å²) in [5.41, 5.74) is 8.57. The Labute approximate surface area is 428 Å². The number of carbonyl (C=O) groups excluding carboxylic acids is 5. The Morgan fingerprint density at radius 3 is 2.59 bits per heavy atom. The first kappa shape index (κ1) is 51.2. The summed E-state index contributed by atoms with van der Waals surface area (Å²) in [4.78, 5) is 87.3. The Bertz CT molecular complexity index is 2710. The fourth-order valence-corrected chi connectivity index (χ4v) is 18.2. The van der Waals surface area contributed by atoms with Crippen LogP contribution in [0.15, 0.2) is 54.6 Å². The Morgan fingerprint density at radius 1 is 1.11 bits per heavy atom. The Kier molecular flexibility index (Phi) is 14.9. The van der Waals surface area contributed by atoms with Crippen molar-refractivity contribution in [1.29, 1.82) is 0 Å². The Balaban J connectivity index is 1.10. The van der Waals surface area contributed by atoms with Gasteiger partial charge in [0.2, 0.25) is 0 Å². The van der Waals surface area contributed by atoms with Crippen LogP contribution in [0.4, 0.5) is 4.79 Å². The number of likely N-dealkylation sites (N-methyl/N-ethyl adjacent to an activating group) is 1. The molecule has 9 rings (SSSR count). The van der Waals surface area contributed by atoms with Crippen LogP contribution in [0, 0.1) is 17.3 Å². The molecule has 1 aromatic carbocycles. The zero-order valence-electron chi connectivity index (χ0n) is 42.4. The first-order valence-corrected chi connectivity index (χ1v) is 30.2. The van der Waals surface area contributed by atoms with Crippen molar-refractivity contribution in [1.82, 2.24) is 39.7 Å². The van der Waals surface area contributed by atoms with Crippen molar-refractivity contribution in [3.8, 4) is 22.5 Å². The molecule has 0 aliphatic carbocycles. The average Bonchev–Trinajstić information content (AvgIpc) is 4.01. The SMILES string of the molecule is C=CC(=O)N1CC2(C1)OCCCN2C(=O)N(C)[C@H](C(=O)C(C1Cc2nc(cs2)-c2ccc3c(c2)c(c(-c2cccnc2[C@H](C)OC)n3CC)CC(C)(C)COC(=O)[C@@H]2CCCN(N2)C1=O)I1CC1)C(C)C. The summed E-state index contributed by atoms with van der Waals surface area (Å²) in [5, 5.41) is 5.42. The normalized spacial score (nSPS) is 22.9. The number of pyridine rings is 1. The van der Waals surface area contributed by atoms with Crippen LogP contribution in [-0.2, 0) is 52.8 Å². The second kappa shape index (κ2) is 20.6. The number of amides is 4. The molecule has 16 nitrogen and oxygen atoms in total. The molecule has 71 heavy (non-hydrogen) atoms. The maximum absolute atomic E-state index is 15.6. The number of aryl methyl sites for hydroxylation is 1. The number of Topliss-reactive ketones (excluding diaryl/α,β-unsaturated/α-hetero) is 1. The van der Waals surface area contributed by atoms with Crippen LogP contribution in [0.5, 0.6) is 0 Å². The molecule has 1 N–H and O–H groups in total. The van der Waals surface area contributed by atoms with Gasteiger partial charge in [-0.25, -0.2) is 0 Å². The molecular formula is C53H69IN8O8S. The summed E-state index contributed by atoms with van der Waals surface area (Å²) in [6.45, 7) is 18.5. The van der Waals surface area contributed by atoms with Gasteiger partial charge < -0.3 is 4.74 Å². The predicted molar refractivity (Wildman–Crippen MR) is 282 cm³/mol.